The van der Waals surface area contributed by atoms with Gasteiger partial charge in [0.25, 0.3) is 0 Å². The molecule has 4 nitrogen and oxygen atoms in total. The molecule has 0 saturated carbocycles. The number of carbonyl (C=O) groups is 1. The Bertz CT molecular complexity index is 275. The van der Waals surface area contributed by atoms with Crippen molar-refractivity contribution in [2.75, 3.05) is 33.3 Å². The van der Waals surface area contributed by atoms with Crippen molar-refractivity contribution < 1.29 is 9.53 Å². The van der Waals surface area contributed by atoms with E-state index in [9.17, 15) is 4.79 Å². The molecule has 0 spiro atoms. The van der Waals surface area contributed by atoms with Gasteiger partial charge in [-0.2, -0.15) is 0 Å². The zero-order valence-corrected chi connectivity index (χ0v) is 11.0. The molecule has 98 valence electrons. The third-order valence-electron chi connectivity index (χ3n) is 4.11. The number of hydrogen-bond acceptors (Lipinski definition) is 3. The van der Waals surface area contributed by atoms with Gasteiger partial charge in [-0.3, -0.25) is 4.79 Å². The maximum absolute atomic E-state index is 12.6. The lowest BCUT2D eigenvalue weighted by Gasteiger charge is -2.40. The van der Waals surface area contributed by atoms with Crippen molar-refractivity contribution in [2.24, 2.45) is 5.41 Å². The van der Waals surface area contributed by atoms with Crippen molar-refractivity contribution in [1.29, 1.82) is 0 Å². The molecule has 2 heterocycles. The number of nitrogens with one attached hydrogen (secondary N) is 1. The number of methoxy groups -OCH3 is 1. The number of hydrogen-bond donors (Lipinski definition) is 1. The van der Waals surface area contributed by atoms with E-state index in [0.29, 0.717) is 5.91 Å². The van der Waals surface area contributed by atoms with Gasteiger partial charge in [0.05, 0.1) is 11.5 Å². The number of piperidine rings is 2. The molecule has 2 atom stereocenters. The average molecular weight is 240 g/mol. The summed E-state index contributed by atoms with van der Waals surface area (Å²) in [5.74, 6) is 0.312. The number of rotatable bonds is 2. The maximum Gasteiger partial charge on any atom is 0.229 e. The SMILES string of the molecule is COC1CCCN(C(=O)C2(C)CCCNC2)C1. The zero-order valence-electron chi connectivity index (χ0n) is 11.0. The van der Waals surface area contributed by atoms with Crippen LogP contribution >= 0.6 is 0 Å². The fourth-order valence-electron chi connectivity index (χ4n) is 2.94. The molecule has 2 aliphatic heterocycles. The highest BCUT2D eigenvalue weighted by Crippen LogP contribution is 2.29. The Morgan fingerprint density at radius 2 is 2.29 bits per heavy atom. The van der Waals surface area contributed by atoms with E-state index in [0.717, 1.165) is 51.9 Å². The lowest BCUT2D eigenvalue weighted by Crippen LogP contribution is -2.53. The molecular formula is C13H24N2O2. The molecule has 0 aromatic heterocycles. The summed E-state index contributed by atoms with van der Waals surface area (Å²) in [7, 11) is 1.74. The zero-order chi connectivity index (χ0) is 12.3. The first-order valence-electron chi connectivity index (χ1n) is 6.68. The second-order valence-corrected chi connectivity index (χ2v) is 5.59. The van der Waals surface area contributed by atoms with Crippen molar-refractivity contribution in [3.05, 3.63) is 0 Å². The van der Waals surface area contributed by atoms with Crippen molar-refractivity contribution in [1.82, 2.24) is 10.2 Å². The Balaban J connectivity index is 1.98. The topological polar surface area (TPSA) is 41.6 Å². The summed E-state index contributed by atoms with van der Waals surface area (Å²) in [6, 6.07) is 0. The van der Waals surface area contributed by atoms with Gasteiger partial charge in [0.1, 0.15) is 0 Å². The molecular weight excluding hydrogens is 216 g/mol. The van der Waals surface area contributed by atoms with Crippen LogP contribution in [0.15, 0.2) is 0 Å². The van der Waals surface area contributed by atoms with Crippen LogP contribution in [0, 0.1) is 5.41 Å². The molecule has 17 heavy (non-hydrogen) atoms. The van der Waals surface area contributed by atoms with Gasteiger partial charge in [-0.25, -0.2) is 0 Å². The molecule has 2 rings (SSSR count). The molecule has 1 amide bonds. The van der Waals surface area contributed by atoms with E-state index in [1.165, 1.54) is 0 Å². The first kappa shape index (κ1) is 12.8. The predicted octanol–water partition coefficient (Wildman–Crippen LogP) is 1.01. The Labute approximate surface area is 104 Å². The summed E-state index contributed by atoms with van der Waals surface area (Å²) >= 11 is 0. The highest BCUT2D eigenvalue weighted by molar-refractivity contribution is 5.82. The minimum atomic E-state index is -0.201. The number of likely N-dealkylation sites (tertiary alicyclic amines) is 1. The van der Waals surface area contributed by atoms with Crippen LogP contribution < -0.4 is 5.32 Å². The average Bonchev–Trinajstić information content (AvgIpc) is 2.39. The Morgan fingerprint density at radius 3 is 2.94 bits per heavy atom. The van der Waals surface area contributed by atoms with Gasteiger partial charge >= 0.3 is 0 Å². The fourth-order valence-corrected chi connectivity index (χ4v) is 2.94. The molecule has 2 fully saturated rings. The van der Waals surface area contributed by atoms with E-state index in [1.807, 2.05) is 4.90 Å². The maximum atomic E-state index is 12.6. The lowest BCUT2D eigenvalue weighted by atomic mass is 9.81. The predicted molar refractivity (Wildman–Crippen MR) is 66.8 cm³/mol. The van der Waals surface area contributed by atoms with Gasteiger partial charge in [-0.05, 0) is 39.2 Å². The van der Waals surface area contributed by atoms with Crippen molar-refractivity contribution in [3.63, 3.8) is 0 Å². The minimum Gasteiger partial charge on any atom is -0.380 e. The van der Waals surface area contributed by atoms with Gasteiger partial charge < -0.3 is 15.0 Å². The second kappa shape index (κ2) is 5.36. The largest absolute Gasteiger partial charge is 0.380 e. The smallest absolute Gasteiger partial charge is 0.229 e. The Hall–Kier alpha value is -0.610. The number of ether oxygens (including phenoxy) is 1. The monoisotopic (exact) mass is 240 g/mol. The van der Waals surface area contributed by atoms with Crippen LogP contribution in [0.5, 0.6) is 0 Å². The Morgan fingerprint density at radius 1 is 1.47 bits per heavy atom. The molecule has 2 unspecified atom stereocenters. The molecule has 2 aliphatic rings. The van der Waals surface area contributed by atoms with Crippen LogP contribution in [-0.2, 0) is 9.53 Å². The van der Waals surface area contributed by atoms with Gasteiger partial charge in [-0.1, -0.05) is 0 Å². The highest BCUT2D eigenvalue weighted by Gasteiger charge is 2.39. The summed E-state index contributed by atoms with van der Waals surface area (Å²) in [6.45, 7) is 5.63. The van der Waals surface area contributed by atoms with Gasteiger partial charge in [-0.15, -0.1) is 0 Å². The highest BCUT2D eigenvalue weighted by atomic mass is 16.5. The van der Waals surface area contributed by atoms with Crippen LogP contribution in [0.25, 0.3) is 0 Å². The van der Waals surface area contributed by atoms with Gasteiger partial charge in [0, 0.05) is 26.7 Å². The lowest BCUT2D eigenvalue weighted by molar-refractivity contribution is -0.145. The molecule has 0 radical (unpaired) electrons. The van der Waals surface area contributed by atoms with Crippen LogP contribution in [-0.4, -0.2) is 50.2 Å². The van der Waals surface area contributed by atoms with E-state index in [4.69, 9.17) is 4.74 Å². The van der Waals surface area contributed by atoms with Crippen LogP contribution in [0.4, 0.5) is 0 Å². The third-order valence-corrected chi connectivity index (χ3v) is 4.11. The minimum absolute atomic E-state index is 0.201. The standard InChI is InChI=1S/C13H24N2O2/c1-13(6-4-7-14-10-13)12(16)15-8-3-5-11(9-15)17-2/h11,14H,3-10H2,1-2H3. The van der Waals surface area contributed by atoms with E-state index < -0.39 is 0 Å². The van der Waals surface area contributed by atoms with E-state index in [2.05, 4.69) is 12.2 Å². The molecule has 0 aromatic rings. The summed E-state index contributed by atoms with van der Waals surface area (Å²) < 4.78 is 5.38. The van der Waals surface area contributed by atoms with Gasteiger partial charge in [0.15, 0.2) is 0 Å². The third kappa shape index (κ3) is 2.80. The quantitative estimate of drug-likeness (QED) is 0.783. The Kier molecular flexibility index (Phi) is 4.05. The molecule has 4 heteroatoms. The molecule has 0 bridgehead atoms. The van der Waals surface area contributed by atoms with Gasteiger partial charge in [0.2, 0.25) is 5.91 Å². The van der Waals surface area contributed by atoms with Crippen molar-refractivity contribution >= 4 is 5.91 Å². The van der Waals surface area contributed by atoms with Crippen LogP contribution in [0.3, 0.4) is 0 Å². The summed E-state index contributed by atoms with van der Waals surface area (Å²) in [5.41, 5.74) is -0.201. The molecule has 0 aromatic carbocycles. The molecule has 2 saturated heterocycles. The first-order valence-corrected chi connectivity index (χ1v) is 6.68. The number of amides is 1. The van der Waals surface area contributed by atoms with Crippen LogP contribution in [0.1, 0.15) is 32.6 Å². The van der Waals surface area contributed by atoms with Crippen molar-refractivity contribution in [3.8, 4) is 0 Å². The van der Waals surface area contributed by atoms with Crippen LogP contribution in [0.2, 0.25) is 0 Å². The summed E-state index contributed by atoms with van der Waals surface area (Å²) in [5, 5.41) is 3.34. The fraction of sp³-hybridized carbons (Fsp3) is 0.923. The normalized spacial score (nSPS) is 34.7. The van der Waals surface area contributed by atoms with E-state index in [1.54, 1.807) is 7.11 Å². The van der Waals surface area contributed by atoms with E-state index in [-0.39, 0.29) is 11.5 Å². The number of carbonyl (C=O) groups excluding carboxylic acids is 1. The first-order chi connectivity index (χ1) is 8.15. The van der Waals surface area contributed by atoms with E-state index >= 15 is 0 Å². The molecule has 1 N–H and O–H groups in total. The second-order valence-electron chi connectivity index (χ2n) is 5.59. The number of nitrogens with zero attached hydrogens (tertiary/aromatic N) is 1. The summed E-state index contributed by atoms with van der Waals surface area (Å²) in [6.07, 6.45) is 4.48. The summed E-state index contributed by atoms with van der Waals surface area (Å²) in [4.78, 5) is 14.6. The molecule has 0 aliphatic carbocycles. The van der Waals surface area contributed by atoms with Crippen molar-refractivity contribution in [2.45, 2.75) is 38.7 Å².